The van der Waals surface area contributed by atoms with Crippen LogP contribution in [0, 0.1) is 0 Å². The van der Waals surface area contributed by atoms with Gasteiger partial charge in [-0.2, -0.15) is 0 Å². The first kappa shape index (κ1) is 19.0. The summed E-state index contributed by atoms with van der Waals surface area (Å²) in [6.07, 6.45) is -0.387. The van der Waals surface area contributed by atoms with Gasteiger partial charge in [0.15, 0.2) is 0 Å². The third-order valence-corrected chi connectivity index (χ3v) is 3.45. The van der Waals surface area contributed by atoms with E-state index in [1.165, 1.54) is 0 Å². The van der Waals surface area contributed by atoms with E-state index >= 15 is 0 Å². The first-order chi connectivity index (χ1) is 10.7. The Balaban J connectivity index is 2.73. The summed E-state index contributed by atoms with van der Waals surface area (Å²) >= 11 is 0. The van der Waals surface area contributed by atoms with Gasteiger partial charge in [-0.1, -0.05) is 45.9 Å². The summed E-state index contributed by atoms with van der Waals surface area (Å²) in [5, 5.41) is 8.67. The minimum Gasteiger partial charge on any atom is -0.480 e. The highest BCUT2D eigenvalue weighted by molar-refractivity contribution is 5.81. The summed E-state index contributed by atoms with van der Waals surface area (Å²) in [6.45, 7) is 7.97. The maximum atomic E-state index is 11.5. The highest BCUT2D eigenvalue weighted by Crippen LogP contribution is 2.34. The number of carbonyl (C=O) groups excluding carboxylic acids is 1. The van der Waals surface area contributed by atoms with Gasteiger partial charge in [-0.25, -0.2) is 0 Å². The minimum absolute atomic E-state index is 0.264. The van der Waals surface area contributed by atoms with Crippen molar-refractivity contribution in [2.45, 2.75) is 52.0 Å². The van der Waals surface area contributed by atoms with Crippen LogP contribution in [0.5, 0.6) is 5.75 Å². The lowest BCUT2D eigenvalue weighted by molar-refractivity contribution is -0.153. The van der Waals surface area contributed by atoms with E-state index in [1.54, 1.807) is 0 Å². The second-order valence-corrected chi connectivity index (χ2v) is 6.00. The molecule has 0 aliphatic rings. The van der Waals surface area contributed by atoms with E-state index in [0.717, 1.165) is 11.1 Å². The first-order valence-electron chi connectivity index (χ1n) is 7.63. The fourth-order valence-corrected chi connectivity index (χ4v) is 2.13. The molecule has 0 amide bonds. The quantitative estimate of drug-likeness (QED) is 0.563. The van der Waals surface area contributed by atoms with Crippen LogP contribution in [-0.2, 0) is 14.3 Å². The van der Waals surface area contributed by atoms with Crippen molar-refractivity contribution in [3.05, 3.63) is 29.3 Å². The normalized spacial score (nSPS) is 12.3. The van der Waals surface area contributed by atoms with E-state index in [1.807, 2.05) is 18.2 Å². The van der Waals surface area contributed by atoms with Crippen LogP contribution in [0.1, 0.15) is 57.1 Å². The van der Waals surface area contributed by atoms with Crippen molar-refractivity contribution in [2.24, 2.45) is 5.73 Å². The average Bonchev–Trinajstić information content (AvgIpc) is 2.46. The van der Waals surface area contributed by atoms with Crippen LogP contribution in [0.2, 0.25) is 0 Å². The maximum absolute atomic E-state index is 11.5. The smallest absolute Gasteiger partial charge is 0.321 e. The minimum atomic E-state index is -1.27. The fourth-order valence-electron chi connectivity index (χ4n) is 2.13. The standard InChI is InChI=1S/C17H25NO5/c1-10(2)12-6-5-7-13(11(3)4)16(12)23-9-22-15(19)8-14(18)17(20)21/h5-7,10-11,14H,8-9,18H2,1-4H3,(H,20,21). The number of carboxylic acid groups (broad SMARTS) is 1. The zero-order valence-corrected chi connectivity index (χ0v) is 14.0. The lowest BCUT2D eigenvalue weighted by Gasteiger charge is -2.19. The lowest BCUT2D eigenvalue weighted by atomic mass is 9.94. The molecule has 3 N–H and O–H groups in total. The summed E-state index contributed by atoms with van der Waals surface area (Å²) in [4.78, 5) is 22.1. The third-order valence-electron chi connectivity index (χ3n) is 3.45. The molecule has 6 heteroatoms. The van der Waals surface area contributed by atoms with Crippen molar-refractivity contribution < 1.29 is 24.2 Å². The topological polar surface area (TPSA) is 98.9 Å². The molecule has 0 radical (unpaired) electrons. The van der Waals surface area contributed by atoms with Crippen molar-refractivity contribution in [3.8, 4) is 5.75 Å². The molecule has 0 spiro atoms. The van der Waals surface area contributed by atoms with Crippen LogP contribution in [0.4, 0.5) is 0 Å². The molecule has 0 saturated carbocycles. The number of nitrogens with two attached hydrogens (primary N) is 1. The van der Waals surface area contributed by atoms with E-state index in [4.69, 9.17) is 20.3 Å². The molecule has 6 nitrogen and oxygen atoms in total. The highest BCUT2D eigenvalue weighted by Gasteiger charge is 2.18. The van der Waals surface area contributed by atoms with E-state index in [-0.39, 0.29) is 25.0 Å². The summed E-state index contributed by atoms with van der Waals surface area (Å²) in [5.74, 6) is -0.698. The molecule has 1 rings (SSSR count). The number of esters is 1. The van der Waals surface area contributed by atoms with E-state index < -0.39 is 18.0 Å². The SMILES string of the molecule is CC(C)c1cccc(C(C)C)c1OCOC(=O)CC(N)C(=O)O. The second kappa shape index (κ2) is 8.53. The molecule has 1 atom stereocenters. The molecule has 23 heavy (non-hydrogen) atoms. The number of carbonyl (C=O) groups is 2. The van der Waals surface area contributed by atoms with Crippen molar-refractivity contribution in [2.75, 3.05) is 6.79 Å². The van der Waals surface area contributed by atoms with Crippen molar-refractivity contribution in [3.63, 3.8) is 0 Å². The molecule has 128 valence electrons. The Morgan fingerprint density at radius 2 is 1.65 bits per heavy atom. The van der Waals surface area contributed by atoms with Gasteiger partial charge in [0.25, 0.3) is 0 Å². The molecule has 0 saturated heterocycles. The number of aliphatic carboxylic acids is 1. The number of ether oxygens (including phenoxy) is 2. The van der Waals surface area contributed by atoms with Crippen molar-refractivity contribution in [1.29, 1.82) is 0 Å². The largest absolute Gasteiger partial charge is 0.480 e. The van der Waals surface area contributed by atoms with Gasteiger partial charge in [0.05, 0.1) is 6.42 Å². The molecule has 1 aromatic rings. The molecular weight excluding hydrogens is 298 g/mol. The van der Waals surface area contributed by atoms with Gasteiger partial charge in [-0.05, 0) is 23.0 Å². The van der Waals surface area contributed by atoms with Gasteiger partial charge in [0, 0.05) is 0 Å². The molecule has 1 aromatic carbocycles. The molecular formula is C17H25NO5. The zero-order chi connectivity index (χ0) is 17.6. The van der Waals surface area contributed by atoms with Crippen LogP contribution in [0.25, 0.3) is 0 Å². The number of hydrogen-bond acceptors (Lipinski definition) is 5. The van der Waals surface area contributed by atoms with Gasteiger partial charge in [0.2, 0.25) is 6.79 Å². The number of rotatable bonds is 8. The van der Waals surface area contributed by atoms with Gasteiger partial charge < -0.3 is 20.3 Å². The summed E-state index contributed by atoms with van der Waals surface area (Å²) < 4.78 is 10.6. The predicted octanol–water partition coefficient (Wildman–Crippen LogP) is 2.61. The van der Waals surface area contributed by atoms with Gasteiger partial charge >= 0.3 is 11.9 Å². The van der Waals surface area contributed by atoms with Gasteiger partial charge in [-0.15, -0.1) is 0 Å². The fraction of sp³-hybridized carbons (Fsp3) is 0.529. The monoisotopic (exact) mass is 323 g/mol. The maximum Gasteiger partial charge on any atom is 0.321 e. The molecule has 0 aromatic heterocycles. The van der Waals surface area contributed by atoms with Gasteiger partial charge in [-0.3, -0.25) is 9.59 Å². The first-order valence-corrected chi connectivity index (χ1v) is 7.63. The van der Waals surface area contributed by atoms with E-state index in [0.29, 0.717) is 5.75 Å². The van der Waals surface area contributed by atoms with E-state index in [9.17, 15) is 9.59 Å². The van der Waals surface area contributed by atoms with Crippen LogP contribution in [-0.4, -0.2) is 29.9 Å². The molecule has 0 fully saturated rings. The number of carboxylic acids is 1. The Morgan fingerprint density at radius 1 is 1.13 bits per heavy atom. The summed E-state index contributed by atoms with van der Waals surface area (Å²) in [7, 11) is 0. The average molecular weight is 323 g/mol. The summed E-state index contributed by atoms with van der Waals surface area (Å²) in [6, 6.07) is 4.67. The number of benzene rings is 1. The Hall–Kier alpha value is -2.08. The van der Waals surface area contributed by atoms with Gasteiger partial charge in [0.1, 0.15) is 11.8 Å². The van der Waals surface area contributed by atoms with Crippen molar-refractivity contribution in [1.82, 2.24) is 0 Å². The molecule has 0 bridgehead atoms. The molecule has 0 aliphatic heterocycles. The van der Waals surface area contributed by atoms with E-state index in [2.05, 4.69) is 27.7 Å². The third kappa shape index (κ3) is 5.56. The number of hydrogen-bond donors (Lipinski definition) is 2. The van der Waals surface area contributed by atoms with Crippen LogP contribution in [0.3, 0.4) is 0 Å². The highest BCUT2D eigenvalue weighted by atomic mass is 16.7. The summed E-state index contributed by atoms with van der Waals surface area (Å²) in [5.41, 5.74) is 7.36. The Bertz CT molecular complexity index is 528. The molecule has 0 aliphatic carbocycles. The number of para-hydroxylation sites is 1. The van der Waals surface area contributed by atoms with Crippen LogP contribution in [0.15, 0.2) is 18.2 Å². The Labute approximate surface area is 136 Å². The molecule has 0 heterocycles. The lowest BCUT2D eigenvalue weighted by Crippen LogP contribution is -2.33. The zero-order valence-electron chi connectivity index (χ0n) is 14.0. The van der Waals surface area contributed by atoms with Crippen LogP contribution >= 0.6 is 0 Å². The predicted molar refractivity (Wildman–Crippen MR) is 86.4 cm³/mol. The Kier molecular flexibility index (Phi) is 7.03. The van der Waals surface area contributed by atoms with Crippen LogP contribution < -0.4 is 10.5 Å². The Morgan fingerprint density at radius 3 is 2.09 bits per heavy atom. The second-order valence-electron chi connectivity index (χ2n) is 6.00. The van der Waals surface area contributed by atoms with Crippen molar-refractivity contribution >= 4 is 11.9 Å². The molecule has 1 unspecified atom stereocenters.